The predicted molar refractivity (Wildman–Crippen MR) is 104 cm³/mol. The molecule has 1 aromatic heterocycles. The number of piperidine rings is 1. The van der Waals surface area contributed by atoms with E-state index in [1.807, 2.05) is 9.47 Å². The lowest BCUT2D eigenvalue weighted by Gasteiger charge is -2.32. The minimum absolute atomic E-state index is 0.00525. The lowest BCUT2D eigenvalue weighted by molar-refractivity contribution is 0.0709. The number of amides is 1. The maximum Gasteiger partial charge on any atom is 0.345 e. The molecule has 27 heavy (non-hydrogen) atoms. The Kier molecular flexibility index (Phi) is 5.08. The van der Waals surface area contributed by atoms with Gasteiger partial charge in [-0.1, -0.05) is 30.5 Å². The summed E-state index contributed by atoms with van der Waals surface area (Å²) in [5.41, 5.74) is 0.621. The van der Waals surface area contributed by atoms with Crippen molar-refractivity contribution in [2.75, 3.05) is 13.1 Å². The predicted octanol–water partition coefficient (Wildman–Crippen LogP) is 3.37. The van der Waals surface area contributed by atoms with Gasteiger partial charge in [0.25, 0.3) is 5.91 Å². The number of nitrogens with zero attached hydrogens (tertiary/aromatic N) is 4. The highest BCUT2D eigenvalue weighted by Gasteiger charge is 2.31. The fourth-order valence-corrected chi connectivity index (χ4v) is 4.62. The molecular formula is C20H25ClN4O2. The quantitative estimate of drug-likeness (QED) is 0.809. The first kappa shape index (κ1) is 18.3. The van der Waals surface area contributed by atoms with Crippen molar-refractivity contribution in [2.24, 2.45) is 7.05 Å². The van der Waals surface area contributed by atoms with E-state index in [-0.39, 0.29) is 23.6 Å². The number of carbonyl (C=O) groups is 1. The van der Waals surface area contributed by atoms with E-state index in [0.29, 0.717) is 23.7 Å². The van der Waals surface area contributed by atoms with E-state index in [4.69, 9.17) is 11.6 Å². The maximum atomic E-state index is 12.7. The number of carbonyl (C=O) groups excluding carboxylic acids is 1. The van der Waals surface area contributed by atoms with Crippen LogP contribution < -0.4 is 5.69 Å². The van der Waals surface area contributed by atoms with Gasteiger partial charge in [0.1, 0.15) is 5.82 Å². The molecule has 1 amide bonds. The first-order valence-electron chi connectivity index (χ1n) is 9.75. The maximum absolute atomic E-state index is 12.7. The van der Waals surface area contributed by atoms with Crippen LogP contribution in [0.1, 0.15) is 66.7 Å². The van der Waals surface area contributed by atoms with Gasteiger partial charge < -0.3 is 4.90 Å². The zero-order valence-electron chi connectivity index (χ0n) is 15.6. The third-order valence-electron chi connectivity index (χ3n) is 5.89. The second kappa shape index (κ2) is 7.50. The fourth-order valence-electron chi connectivity index (χ4n) is 4.43. The third-order valence-corrected chi connectivity index (χ3v) is 6.13. The molecule has 0 unspecified atom stereocenters. The molecule has 6 nitrogen and oxygen atoms in total. The number of hydrogen-bond donors (Lipinski definition) is 0. The van der Waals surface area contributed by atoms with E-state index >= 15 is 0 Å². The van der Waals surface area contributed by atoms with Gasteiger partial charge in [0, 0.05) is 42.7 Å². The summed E-state index contributed by atoms with van der Waals surface area (Å²) in [5, 5.41) is 5.14. The van der Waals surface area contributed by atoms with Crippen molar-refractivity contribution in [1.29, 1.82) is 0 Å². The topological polar surface area (TPSA) is 60.1 Å². The summed E-state index contributed by atoms with van der Waals surface area (Å²) in [6.45, 7) is 1.34. The molecule has 144 valence electrons. The smallest absolute Gasteiger partial charge is 0.339 e. The molecule has 2 fully saturated rings. The number of likely N-dealkylation sites (tertiary alicyclic amines) is 1. The summed E-state index contributed by atoms with van der Waals surface area (Å²) in [6.07, 6.45) is 6.14. The van der Waals surface area contributed by atoms with Crippen molar-refractivity contribution >= 4 is 17.5 Å². The zero-order chi connectivity index (χ0) is 19.0. The summed E-state index contributed by atoms with van der Waals surface area (Å²) in [7, 11) is 1.73. The van der Waals surface area contributed by atoms with Crippen LogP contribution in [-0.2, 0) is 7.05 Å². The number of aryl methyl sites for hydroxylation is 1. The van der Waals surface area contributed by atoms with Gasteiger partial charge in [0.15, 0.2) is 0 Å². The van der Waals surface area contributed by atoms with E-state index in [2.05, 4.69) is 5.10 Å². The van der Waals surface area contributed by atoms with Gasteiger partial charge in [0.05, 0.1) is 0 Å². The zero-order valence-corrected chi connectivity index (χ0v) is 16.4. The lowest BCUT2D eigenvalue weighted by atomic mass is 9.95. The number of hydrogen-bond acceptors (Lipinski definition) is 3. The van der Waals surface area contributed by atoms with Gasteiger partial charge in [-0.15, -0.1) is 0 Å². The van der Waals surface area contributed by atoms with Crippen molar-refractivity contribution in [3.8, 4) is 0 Å². The second-order valence-electron chi connectivity index (χ2n) is 7.65. The molecule has 4 rings (SSSR count). The van der Waals surface area contributed by atoms with E-state index in [0.717, 1.165) is 31.5 Å². The Morgan fingerprint density at radius 1 is 1.15 bits per heavy atom. The average Bonchev–Trinajstić information content (AvgIpc) is 3.30. The van der Waals surface area contributed by atoms with Crippen molar-refractivity contribution < 1.29 is 4.79 Å². The van der Waals surface area contributed by atoms with E-state index in [9.17, 15) is 9.59 Å². The van der Waals surface area contributed by atoms with Crippen LogP contribution in [0.2, 0.25) is 5.02 Å². The fraction of sp³-hybridized carbons (Fsp3) is 0.550. The number of halogens is 1. The van der Waals surface area contributed by atoms with Crippen molar-refractivity contribution in [3.05, 3.63) is 51.2 Å². The van der Waals surface area contributed by atoms with Crippen LogP contribution in [0.15, 0.2) is 29.1 Å². The largest absolute Gasteiger partial charge is 0.345 e. The van der Waals surface area contributed by atoms with E-state index < -0.39 is 0 Å². The Labute approximate surface area is 163 Å². The number of benzene rings is 1. The molecule has 2 aromatic rings. The van der Waals surface area contributed by atoms with E-state index in [1.165, 1.54) is 17.5 Å². The molecule has 2 heterocycles. The molecule has 0 atom stereocenters. The Morgan fingerprint density at radius 2 is 1.85 bits per heavy atom. The van der Waals surface area contributed by atoms with Crippen LogP contribution in [0.3, 0.4) is 0 Å². The monoisotopic (exact) mass is 388 g/mol. The molecule has 2 aliphatic rings. The molecule has 7 heteroatoms. The summed E-state index contributed by atoms with van der Waals surface area (Å²) < 4.78 is 3.41. The third kappa shape index (κ3) is 3.55. The number of aromatic nitrogens is 3. The normalized spacial score (nSPS) is 19.0. The van der Waals surface area contributed by atoms with Gasteiger partial charge in [-0.25, -0.2) is 9.48 Å². The molecule has 1 aliphatic heterocycles. The second-order valence-corrected chi connectivity index (χ2v) is 8.09. The number of rotatable bonds is 3. The average molecular weight is 389 g/mol. The highest BCUT2D eigenvalue weighted by molar-refractivity contribution is 6.30. The highest BCUT2D eigenvalue weighted by atomic mass is 35.5. The molecule has 1 saturated heterocycles. The summed E-state index contributed by atoms with van der Waals surface area (Å²) in [4.78, 5) is 27.2. The highest BCUT2D eigenvalue weighted by Crippen LogP contribution is 2.33. The van der Waals surface area contributed by atoms with Crippen LogP contribution in [0, 0.1) is 0 Å². The van der Waals surface area contributed by atoms with Crippen LogP contribution in [0.5, 0.6) is 0 Å². The molecule has 1 saturated carbocycles. The summed E-state index contributed by atoms with van der Waals surface area (Å²) in [6, 6.07) is 7.38. The minimum atomic E-state index is -0.00525. The molecule has 0 N–H and O–H groups in total. The SMILES string of the molecule is Cn1nc(C2CCN(C(=O)c3cccc(Cl)c3)CC2)n(C2CCCC2)c1=O. The van der Waals surface area contributed by atoms with Crippen LogP contribution in [0.4, 0.5) is 0 Å². The van der Waals surface area contributed by atoms with Gasteiger partial charge in [-0.2, -0.15) is 5.10 Å². The first-order valence-corrected chi connectivity index (χ1v) is 10.1. The Balaban J connectivity index is 1.49. The molecular weight excluding hydrogens is 364 g/mol. The van der Waals surface area contributed by atoms with Gasteiger partial charge in [-0.3, -0.25) is 9.36 Å². The standard InChI is InChI=1S/C20H25ClN4O2/c1-23-20(27)25(17-7-2-3-8-17)18(22-23)14-9-11-24(12-10-14)19(26)15-5-4-6-16(21)13-15/h4-6,13-14,17H,2-3,7-12H2,1H3. The van der Waals surface area contributed by atoms with Gasteiger partial charge in [0.2, 0.25) is 0 Å². The van der Waals surface area contributed by atoms with Crippen LogP contribution in [-0.4, -0.2) is 38.2 Å². The molecule has 1 aliphatic carbocycles. The van der Waals surface area contributed by atoms with Crippen molar-refractivity contribution in [3.63, 3.8) is 0 Å². The Bertz CT molecular complexity index is 890. The molecule has 1 aromatic carbocycles. The van der Waals surface area contributed by atoms with E-state index in [1.54, 1.807) is 31.3 Å². The van der Waals surface area contributed by atoms with Crippen molar-refractivity contribution in [1.82, 2.24) is 19.2 Å². The minimum Gasteiger partial charge on any atom is -0.339 e. The van der Waals surface area contributed by atoms with Crippen molar-refractivity contribution in [2.45, 2.75) is 50.5 Å². The Hall–Kier alpha value is -2.08. The van der Waals surface area contributed by atoms with Crippen LogP contribution >= 0.6 is 11.6 Å². The molecule has 0 spiro atoms. The lowest BCUT2D eigenvalue weighted by Crippen LogP contribution is -2.38. The summed E-state index contributed by atoms with van der Waals surface area (Å²) >= 11 is 6.01. The first-order chi connectivity index (χ1) is 13.0. The molecule has 0 bridgehead atoms. The Morgan fingerprint density at radius 3 is 2.52 bits per heavy atom. The van der Waals surface area contributed by atoms with Gasteiger partial charge in [-0.05, 0) is 43.9 Å². The van der Waals surface area contributed by atoms with Gasteiger partial charge >= 0.3 is 5.69 Å². The van der Waals surface area contributed by atoms with Crippen LogP contribution in [0.25, 0.3) is 0 Å². The molecule has 0 radical (unpaired) electrons. The summed E-state index contributed by atoms with van der Waals surface area (Å²) in [5.74, 6) is 1.15.